The Bertz CT molecular complexity index is 643. The van der Waals surface area contributed by atoms with E-state index in [1.54, 1.807) is 11.3 Å². The quantitative estimate of drug-likeness (QED) is 0.838. The number of ether oxygens (including phenoxy) is 1. The molecule has 1 aliphatic heterocycles. The summed E-state index contributed by atoms with van der Waals surface area (Å²) in [5.74, 6) is 0.900. The molecule has 6 heteroatoms. The Morgan fingerprint density at radius 2 is 2.25 bits per heavy atom. The number of nitrogens with zero attached hydrogens (tertiary/aromatic N) is 2. The zero-order chi connectivity index (χ0) is 16.8. The van der Waals surface area contributed by atoms with Gasteiger partial charge in [0.05, 0.1) is 13.0 Å². The Balaban J connectivity index is 1.48. The minimum atomic E-state index is 0.0603. The van der Waals surface area contributed by atoms with Crippen LogP contribution in [0.4, 0.5) is 5.13 Å². The Morgan fingerprint density at radius 1 is 1.42 bits per heavy atom. The van der Waals surface area contributed by atoms with Gasteiger partial charge in [0, 0.05) is 30.7 Å². The van der Waals surface area contributed by atoms with Gasteiger partial charge in [0.25, 0.3) is 0 Å². The van der Waals surface area contributed by atoms with Crippen molar-refractivity contribution in [3.8, 4) is 5.75 Å². The normalized spacial score (nSPS) is 17.0. The van der Waals surface area contributed by atoms with Gasteiger partial charge in [-0.25, -0.2) is 4.98 Å². The fourth-order valence-corrected chi connectivity index (χ4v) is 3.75. The molecule has 1 saturated heterocycles. The summed E-state index contributed by atoms with van der Waals surface area (Å²) in [6, 6.07) is 8.06. The first-order chi connectivity index (χ1) is 11.8. The molecule has 1 N–H and O–H groups in total. The number of nitrogens with one attached hydrogen (secondary N) is 1. The zero-order valence-corrected chi connectivity index (χ0v) is 14.7. The minimum absolute atomic E-state index is 0.0603. The van der Waals surface area contributed by atoms with E-state index in [9.17, 15) is 4.79 Å². The fraction of sp³-hybridized carbons (Fsp3) is 0.444. The van der Waals surface area contributed by atoms with Crippen molar-refractivity contribution in [2.24, 2.45) is 0 Å². The number of hydrogen-bond donors (Lipinski definition) is 1. The van der Waals surface area contributed by atoms with Gasteiger partial charge in [-0.05, 0) is 37.5 Å². The monoisotopic (exact) mass is 345 g/mol. The lowest BCUT2D eigenvalue weighted by molar-refractivity contribution is -0.120. The second kappa shape index (κ2) is 8.15. The minimum Gasteiger partial charge on any atom is -0.494 e. The molecule has 0 bridgehead atoms. The van der Waals surface area contributed by atoms with E-state index in [0.29, 0.717) is 25.6 Å². The molecule has 1 aromatic heterocycles. The molecule has 0 saturated carbocycles. The highest BCUT2D eigenvalue weighted by atomic mass is 32.1. The van der Waals surface area contributed by atoms with E-state index in [0.717, 1.165) is 35.8 Å². The predicted molar refractivity (Wildman–Crippen MR) is 96.8 cm³/mol. The predicted octanol–water partition coefficient (Wildman–Crippen LogP) is 2.87. The van der Waals surface area contributed by atoms with Crippen LogP contribution in [-0.2, 0) is 11.2 Å². The van der Waals surface area contributed by atoms with Crippen LogP contribution < -0.4 is 15.0 Å². The Hall–Kier alpha value is -2.08. The largest absolute Gasteiger partial charge is 0.494 e. The third-order valence-corrected chi connectivity index (χ3v) is 4.98. The van der Waals surface area contributed by atoms with Gasteiger partial charge in [0.1, 0.15) is 5.75 Å². The lowest BCUT2D eigenvalue weighted by atomic mass is 10.1. The van der Waals surface area contributed by atoms with Gasteiger partial charge in [0.15, 0.2) is 5.13 Å². The van der Waals surface area contributed by atoms with E-state index >= 15 is 0 Å². The van der Waals surface area contributed by atoms with Gasteiger partial charge < -0.3 is 15.0 Å². The van der Waals surface area contributed by atoms with E-state index in [2.05, 4.69) is 15.2 Å². The van der Waals surface area contributed by atoms with Crippen LogP contribution >= 0.6 is 11.3 Å². The van der Waals surface area contributed by atoms with Gasteiger partial charge in [0.2, 0.25) is 5.91 Å². The third kappa shape index (κ3) is 4.26. The Kier molecular flexibility index (Phi) is 5.69. The van der Waals surface area contributed by atoms with Crippen LogP contribution in [0.2, 0.25) is 0 Å². The van der Waals surface area contributed by atoms with Crippen molar-refractivity contribution in [3.05, 3.63) is 41.4 Å². The summed E-state index contributed by atoms with van der Waals surface area (Å²) in [7, 11) is 0. The molecule has 128 valence electrons. The van der Waals surface area contributed by atoms with E-state index in [1.807, 2.05) is 42.8 Å². The Labute approximate surface area is 146 Å². The number of aromatic nitrogens is 1. The maximum Gasteiger partial charge on any atom is 0.224 e. The van der Waals surface area contributed by atoms with Crippen molar-refractivity contribution < 1.29 is 9.53 Å². The molecule has 24 heavy (non-hydrogen) atoms. The van der Waals surface area contributed by atoms with Crippen molar-refractivity contribution >= 4 is 22.4 Å². The highest BCUT2D eigenvalue weighted by Crippen LogP contribution is 2.26. The topological polar surface area (TPSA) is 54.5 Å². The zero-order valence-electron chi connectivity index (χ0n) is 13.9. The van der Waals surface area contributed by atoms with E-state index in [-0.39, 0.29) is 5.91 Å². The van der Waals surface area contributed by atoms with Gasteiger partial charge in [-0.3, -0.25) is 4.79 Å². The number of hydrogen-bond acceptors (Lipinski definition) is 5. The first-order valence-corrected chi connectivity index (χ1v) is 9.29. The lowest BCUT2D eigenvalue weighted by Crippen LogP contribution is -2.40. The van der Waals surface area contributed by atoms with Crippen molar-refractivity contribution in [1.82, 2.24) is 10.3 Å². The highest BCUT2D eigenvalue weighted by Gasteiger charge is 2.26. The highest BCUT2D eigenvalue weighted by molar-refractivity contribution is 7.13. The van der Waals surface area contributed by atoms with Gasteiger partial charge in [-0.15, -0.1) is 11.3 Å². The van der Waals surface area contributed by atoms with E-state index < -0.39 is 0 Å². The molecular weight excluding hydrogens is 322 g/mol. The maximum atomic E-state index is 12.2. The van der Waals surface area contributed by atoms with Crippen LogP contribution in [0.25, 0.3) is 0 Å². The standard InChI is InChI=1S/C18H23N3O2S/c1-2-23-16-7-5-14(6-8-16)12-17(22)20-13-15-4-3-10-21(15)18-19-9-11-24-18/h5-9,11,15H,2-4,10,12-13H2,1H3,(H,20,22)/t15-/m0/s1. The molecule has 0 spiro atoms. The van der Waals surface area contributed by atoms with Gasteiger partial charge in [-0.1, -0.05) is 12.1 Å². The lowest BCUT2D eigenvalue weighted by Gasteiger charge is -2.24. The van der Waals surface area contributed by atoms with Crippen molar-refractivity contribution in [1.29, 1.82) is 0 Å². The third-order valence-electron chi connectivity index (χ3n) is 4.18. The van der Waals surface area contributed by atoms with E-state index in [1.165, 1.54) is 0 Å². The molecule has 2 heterocycles. The summed E-state index contributed by atoms with van der Waals surface area (Å²) < 4.78 is 5.42. The molecule has 0 aliphatic carbocycles. The molecule has 1 fully saturated rings. The molecule has 3 rings (SSSR count). The van der Waals surface area contributed by atoms with Crippen LogP contribution in [0.15, 0.2) is 35.8 Å². The van der Waals surface area contributed by atoms with Crippen LogP contribution in [0.3, 0.4) is 0 Å². The molecule has 0 radical (unpaired) electrons. The van der Waals surface area contributed by atoms with Gasteiger partial charge >= 0.3 is 0 Å². The summed E-state index contributed by atoms with van der Waals surface area (Å²) in [6.45, 7) is 4.30. The second-order valence-electron chi connectivity index (χ2n) is 5.86. The van der Waals surface area contributed by atoms with Crippen LogP contribution in [0.5, 0.6) is 5.75 Å². The SMILES string of the molecule is CCOc1ccc(CC(=O)NC[C@@H]2CCCN2c2nccs2)cc1. The summed E-state index contributed by atoms with van der Waals surface area (Å²) in [6.07, 6.45) is 4.48. The van der Waals surface area contributed by atoms with E-state index in [4.69, 9.17) is 4.74 Å². The molecule has 1 aliphatic rings. The summed E-state index contributed by atoms with van der Waals surface area (Å²) in [5, 5.41) is 6.12. The molecule has 2 aromatic rings. The van der Waals surface area contributed by atoms with Crippen LogP contribution in [0.1, 0.15) is 25.3 Å². The first-order valence-electron chi connectivity index (χ1n) is 8.41. The maximum absolute atomic E-state index is 12.2. The summed E-state index contributed by atoms with van der Waals surface area (Å²) >= 11 is 1.66. The number of benzene rings is 1. The summed E-state index contributed by atoms with van der Waals surface area (Å²) in [5.41, 5.74) is 0.999. The fourth-order valence-electron chi connectivity index (χ4n) is 3.01. The average Bonchev–Trinajstić information content (AvgIpc) is 3.26. The Morgan fingerprint density at radius 3 is 2.96 bits per heavy atom. The number of rotatable bonds is 7. The average molecular weight is 345 g/mol. The van der Waals surface area contributed by atoms with Gasteiger partial charge in [-0.2, -0.15) is 0 Å². The number of carbonyl (C=O) groups excluding carboxylic acids is 1. The molecule has 1 amide bonds. The molecule has 5 nitrogen and oxygen atoms in total. The van der Waals surface area contributed by atoms with Crippen LogP contribution in [-0.4, -0.2) is 36.6 Å². The number of carbonyl (C=O) groups is 1. The molecule has 1 aromatic carbocycles. The number of anilines is 1. The number of amides is 1. The smallest absolute Gasteiger partial charge is 0.224 e. The molecular formula is C18H23N3O2S. The number of thiazole rings is 1. The molecule has 0 unspecified atom stereocenters. The summed E-state index contributed by atoms with van der Waals surface area (Å²) in [4.78, 5) is 18.9. The molecule has 1 atom stereocenters. The second-order valence-corrected chi connectivity index (χ2v) is 6.73. The van der Waals surface area contributed by atoms with Crippen LogP contribution in [0, 0.1) is 0 Å². The van der Waals surface area contributed by atoms with Crippen molar-refractivity contribution in [2.45, 2.75) is 32.2 Å². The van der Waals surface area contributed by atoms with Crippen molar-refractivity contribution in [2.75, 3.05) is 24.6 Å². The van der Waals surface area contributed by atoms with Crippen molar-refractivity contribution in [3.63, 3.8) is 0 Å². The first kappa shape index (κ1) is 16.8.